The van der Waals surface area contributed by atoms with Gasteiger partial charge in [-0.2, -0.15) is 0 Å². The van der Waals surface area contributed by atoms with Crippen LogP contribution in [0, 0.1) is 0 Å². The molecule has 0 fully saturated rings. The summed E-state index contributed by atoms with van der Waals surface area (Å²) in [6.07, 6.45) is 5.09. The normalized spacial score (nSPS) is 18.1. The first-order valence-electron chi connectivity index (χ1n) is 3.61. The first-order valence-corrected chi connectivity index (χ1v) is 4.55. The van der Waals surface area contributed by atoms with Gasteiger partial charge in [0.25, 0.3) is 0 Å². The molecular weight excluding hydrogens is 130 g/mol. The van der Waals surface area contributed by atoms with Crippen molar-refractivity contribution in [1.82, 2.24) is 0 Å². The van der Waals surface area contributed by atoms with E-state index in [1.807, 2.05) is 0 Å². The molecule has 0 radical (unpaired) electrons. The van der Waals surface area contributed by atoms with Crippen molar-refractivity contribution in [3.8, 4) is 0 Å². The third kappa shape index (κ3) is 2.39. The minimum Gasteiger partial charge on any atom is -0.226 e. The van der Waals surface area contributed by atoms with Gasteiger partial charge in [0.15, 0.2) is 0 Å². The van der Waals surface area contributed by atoms with E-state index >= 15 is 0 Å². The summed E-state index contributed by atoms with van der Waals surface area (Å²) >= 11 is 1.72. The molecule has 0 aromatic heterocycles. The van der Waals surface area contributed by atoms with E-state index < -0.39 is 0 Å². The van der Waals surface area contributed by atoms with Crippen molar-refractivity contribution in [1.29, 1.82) is 0 Å². The Bertz CT molecular complexity index is 109. The van der Waals surface area contributed by atoms with Gasteiger partial charge in [0, 0.05) is 11.5 Å². The molecule has 0 aliphatic carbocycles. The average molecular weight is 143 g/mol. The predicted molar refractivity (Wildman–Crippen MR) is 44.0 cm³/mol. The number of unbranched alkanes of at least 4 members (excludes halogenated alkanes) is 1. The van der Waals surface area contributed by atoms with Crippen LogP contribution in [-0.2, 0) is 0 Å². The predicted octanol–water partition coefficient (Wildman–Crippen LogP) is 2.67. The molecule has 0 atom stereocenters. The topological polar surface area (TPSA) is 12.4 Å². The van der Waals surface area contributed by atoms with Crippen LogP contribution in [0.2, 0.25) is 0 Å². The van der Waals surface area contributed by atoms with Crippen LogP contribution >= 0.6 is 11.9 Å². The summed E-state index contributed by atoms with van der Waals surface area (Å²) in [5, 5.41) is 0. The van der Waals surface area contributed by atoms with E-state index in [0.717, 1.165) is 0 Å². The molecule has 1 aliphatic rings. The Morgan fingerprint density at radius 2 is 2.56 bits per heavy atom. The van der Waals surface area contributed by atoms with Gasteiger partial charge in [-0.3, -0.25) is 0 Å². The lowest BCUT2D eigenvalue weighted by Gasteiger charge is -1.93. The second-order valence-electron chi connectivity index (χ2n) is 2.34. The summed E-state index contributed by atoms with van der Waals surface area (Å²) in [6, 6.07) is 0. The van der Waals surface area contributed by atoms with E-state index in [2.05, 4.69) is 11.3 Å². The Morgan fingerprint density at radius 3 is 3.11 bits per heavy atom. The molecule has 0 N–H and O–H groups in total. The first kappa shape index (κ1) is 7.13. The molecule has 1 rings (SSSR count). The van der Waals surface area contributed by atoms with E-state index in [9.17, 15) is 0 Å². The Morgan fingerprint density at radius 1 is 1.67 bits per heavy atom. The van der Waals surface area contributed by atoms with Gasteiger partial charge in [0.1, 0.15) is 0 Å². The van der Waals surface area contributed by atoms with Gasteiger partial charge in [-0.1, -0.05) is 13.3 Å². The molecule has 1 heterocycles. The maximum absolute atomic E-state index is 4.31. The SMILES string of the molecule is CCCCC1=NSCC1. The second kappa shape index (κ2) is 3.94. The van der Waals surface area contributed by atoms with Crippen LogP contribution < -0.4 is 0 Å². The summed E-state index contributed by atoms with van der Waals surface area (Å²) in [4.78, 5) is 0. The molecule has 0 bridgehead atoms. The molecule has 0 aromatic rings. The molecule has 2 heteroatoms. The highest BCUT2D eigenvalue weighted by atomic mass is 32.2. The van der Waals surface area contributed by atoms with Crippen LogP contribution in [-0.4, -0.2) is 11.5 Å². The van der Waals surface area contributed by atoms with Crippen LogP contribution in [0.15, 0.2) is 4.40 Å². The molecule has 0 spiro atoms. The van der Waals surface area contributed by atoms with Crippen LogP contribution in [0.5, 0.6) is 0 Å². The van der Waals surface area contributed by atoms with Crippen LogP contribution in [0.4, 0.5) is 0 Å². The van der Waals surface area contributed by atoms with Crippen LogP contribution in [0.3, 0.4) is 0 Å². The molecule has 1 nitrogen and oxygen atoms in total. The number of rotatable bonds is 3. The Labute approximate surface area is 61.1 Å². The molecule has 0 unspecified atom stereocenters. The highest BCUT2D eigenvalue weighted by molar-refractivity contribution is 7.98. The smallest absolute Gasteiger partial charge is 0.0271 e. The average Bonchev–Trinajstić information content (AvgIpc) is 2.34. The fourth-order valence-corrected chi connectivity index (χ4v) is 1.68. The minimum absolute atomic E-state index is 1.22. The van der Waals surface area contributed by atoms with E-state index in [0.29, 0.717) is 0 Å². The lowest BCUT2D eigenvalue weighted by molar-refractivity contribution is 0.829. The van der Waals surface area contributed by atoms with Crippen molar-refractivity contribution in [2.75, 3.05) is 5.75 Å². The van der Waals surface area contributed by atoms with Gasteiger partial charge >= 0.3 is 0 Å². The molecule has 0 saturated heterocycles. The maximum atomic E-state index is 4.31. The summed E-state index contributed by atoms with van der Waals surface area (Å²) in [6.45, 7) is 2.22. The largest absolute Gasteiger partial charge is 0.226 e. The van der Waals surface area contributed by atoms with Crippen molar-refractivity contribution in [2.45, 2.75) is 32.6 Å². The third-order valence-electron chi connectivity index (χ3n) is 1.49. The standard InChI is InChI=1S/C7H13NS/c1-2-3-4-7-5-6-9-8-7/h2-6H2,1H3. The Balaban J connectivity index is 2.11. The van der Waals surface area contributed by atoms with Crippen molar-refractivity contribution in [2.24, 2.45) is 4.40 Å². The fourth-order valence-electron chi connectivity index (χ4n) is 0.898. The van der Waals surface area contributed by atoms with E-state index in [1.165, 1.54) is 37.1 Å². The molecule has 52 valence electrons. The molecule has 0 saturated carbocycles. The minimum atomic E-state index is 1.22. The van der Waals surface area contributed by atoms with Crippen molar-refractivity contribution >= 4 is 17.7 Å². The zero-order valence-electron chi connectivity index (χ0n) is 5.89. The molecule has 0 amide bonds. The number of nitrogens with zero attached hydrogens (tertiary/aromatic N) is 1. The van der Waals surface area contributed by atoms with Gasteiger partial charge in [-0.15, -0.1) is 0 Å². The molecular formula is C7H13NS. The maximum Gasteiger partial charge on any atom is 0.0271 e. The summed E-state index contributed by atoms with van der Waals surface area (Å²) in [5.74, 6) is 1.22. The van der Waals surface area contributed by atoms with Gasteiger partial charge in [0.2, 0.25) is 0 Å². The lowest BCUT2D eigenvalue weighted by atomic mass is 10.1. The fraction of sp³-hybridized carbons (Fsp3) is 0.857. The zero-order chi connectivity index (χ0) is 6.53. The summed E-state index contributed by atoms with van der Waals surface area (Å²) in [5.41, 5.74) is 1.43. The zero-order valence-corrected chi connectivity index (χ0v) is 6.71. The highest BCUT2D eigenvalue weighted by Gasteiger charge is 2.04. The van der Waals surface area contributed by atoms with Crippen molar-refractivity contribution in [3.05, 3.63) is 0 Å². The quantitative estimate of drug-likeness (QED) is 0.553. The highest BCUT2D eigenvalue weighted by Crippen LogP contribution is 2.17. The van der Waals surface area contributed by atoms with Gasteiger partial charge in [-0.25, -0.2) is 4.40 Å². The van der Waals surface area contributed by atoms with E-state index in [4.69, 9.17) is 0 Å². The second-order valence-corrected chi connectivity index (χ2v) is 3.19. The van der Waals surface area contributed by atoms with Gasteiger partial charge < -0.3 is 0 Å². The Kier molecular flexibility index (Phi) is 3.12. The molecule has 0 aromatic carbocycles. The third-order valence-corrected chi connectivity index (χ3v) is 2.27. The van der Waals surface area contributed by atoms with E-state index in [-0.39, 0.29) is 0 Å². The molecule has 1 aliphatic heterocycles. The summed E-state index contributed by atoms with van der Waals surface area (Å²) < 4.78 is 4.31. The van der Waals surface area contributed by atoms with Crippen LogP contribution in [0.1, 0.15) is 32.6 Å². The van der Waals surface area contributed by atoms with Crippen molar-refractivity contribution < 1.29 is 0 Å². The van der Waals surface area contributed by atoms with Crippen molar-refractivity contribution in [3.63, 3.8) is 0 Å². The monoisotopic (exact) mass is 143 g/mol. The Hall–Kier alpha value is 0.0200. The lowest BCUT2D eigenvalue weighted by Crippen LogP contribution is -1.92. The summed E-state index contributed by atoms with van der Waals surface area (Å²) in [7, 11) is 0. The van der Waals surface area contributed by atoms with Gasteiger partial charge in [-0.05, 0) is 31.2 Å². The van der Waals surface area contributed by atoms with Gasteiger partial charge in [0.05, 0.1) is 0 Å². The van der Waals surface area contributed by atoms with Crippen LogP contribution in [0.25, 0.3) is 0 Å². The first-order chi connectivity index (χ1) is 4.43. The number of hydrogen-bond acceptors (Lipinski definition) is 2. The molecule has 9 heavy (non-hydrogen) atoms. The van der Waals surface area contributed by atoms with E-state index in [1.54, 1.807) is 11.9 Å². The number of hydrogen-bond donors (Lipinski definition) is 0.